The zero-order valence-corrected chi connectivity index (χ0v) is 15.3. The van der Waals surface area contributed by atoms with E-state index in [0.717, 1.165) is 31.5 Å². The summed E-state index contributed by atoms with van der Waals surface area (Å²) in [6, 6.07) is 0. The standard InChI is InChI=1S/C14H24N4O2.C2HF3O2/c1-9(2)14-17-12(18-20-14)10-3-5-11(6-4-10)13(19)16-8-7-15;3-2(4,5)1(6)7/h9-11H,3-8,15H2,1-2H3,(H,16,19);(H,6,7). The van der Waals surface area contributed by atoms with Crippen molar-refractivity contribution in [2.75, 3.05) is 13.1 Å². The number of nitrogens with two attached hydrogens (primary N) is 1. The van der Waals surface area contributed by atoms with Crippen molar-refractivity contribution in [3.8, 4) is 0 Å². The van der Waals surface area contributed by atoms with Gasteiger partial charge in [0.05, 0.1) is 0 Å². The molecule has 1 aromatic heterocycles. The molecule has 1 amide bonds. The van der Waals surface area contributed by atoms with Gasteiger partial charge in [0.2, 0.25) is 11.8 Å². The van der Waals surface area contributed by atoms with Crippen molar-refractivity contribution >= 4 is 11.9 Å². The van der Waals surface area contributed by atoms with Crippen LogP contribution < -0.4 is 11.1 Å². The quantitative estimate of drug-likeness (QED) is 0.697. The maximum absolute atomic E-state index is 11.9. The summed E-state index contributed by atoms with van der Waals surface area (Å²) in [4.78, 5) is 25.2. The molecule has 0 atom stereocenters. The molecular formula is C16H25F3N4O4. The first kappa shape index (κ1) is 22.9. The number of carbonyl (C=O) groups excluding carboxylic acids is 1. The van der Waals surface area contributed by atoms with Crippen molar-refractivity contribution in [2.24, 2.45) is 11.7 Å². The van der Waals surface area contributed by atoms with E-state index in [1.807, 2.05) is 13.8 Å². The summed E-state index contributed by atoms with van der Waals surface area (Å²) in [6.07, 6.45) is -1.44. The Morgan fingerprint density at radius 1 is 1.30 bits per heavy atom. The van der Waals surface area contributed by atoms with Crippen LogP contribution in [0.25, 0.3) is 0 Å². The van der Waals surface area contributed by atoms with Crippen molar-refractivity contribution in [1.29, 1.82) is 0 Å². The fourth-order valence-corrected chi connectivity index (χ4v) is 2.60. The van der Waals surface area contributed by atoms with E-state index in [2.05, 4.69) is 15.5 Å². The molecule has 1 aliphatic rings. The monoisotopic (exact) mass is 394 g/mol. The molecule has 2 rings (SSSR count). The van der Waals surface area contributed by atoms with Gasteiger partial charge in [0, 0.05) is 30.8 Å². The van der Waals surface area contributed by atoms with E-state index in [9.17, 15) is 18.0 Å². The third-order valence-electron chi connectivity index (χ3n) is 4.10. The number of nitrogens with one attached hydrogen (secondary N) is 1. The van der Waals surface area contributed by atoms with Gasteiger partial charge in [-0.15, -0.1) is 0 Å². The highest BCUT2D eigenvalue weighted by molar-refractivity contribution is 5.78. The lowest BCUT2D eigenvalue weighted by Crippen LogP contribution is -2.35. The minimum absolute atomic E-state index is 0.106. The summed E-state index contributed by atoms with van der Waals surface area (Å²) in [6.45, 7) is 5.12. The molecule has 4 N–H and O–H groups in total. The molecule has 1 fully saturated rings. The molecule has 1 heterocycles. The summed E-state index contributed by atoms with van der Waals surface area (Å²) < 4.78 is 37.0. The Labute approximate surface area is 154 Å². The molecule has 1 saturated carbocycles. The van der Waals surface area contributed by atoms with Crippen LogP contribution in [0.5, 0.6) is 0 Å². The number of hydrogen-bond donors (Lipinski definition) is 3. The van der Waals surface area contributed by atoms with E-state index in [1.165, 1.54) is 0 Å². The zero-order chi connectivity index (χ0) is 20.6. The topological polar surface area (TPSA) is 131 Å². The number of nitrogens with zero attached hydrogens (tertiary/aromatic N) is 2. The predicted octanol–water partition coefficient (Wildman–Crippen LogP) is 2.17. The molecule has 0 aromatic carbocycles. The summed E-state index contributed by atoms with van der Waals surface area (Å²) in [5.74, 6) is -0.441. The lowest BCUT2D eigenvalue weighted by molar-refractivity contribution is -0.192. The average molecular weight is 394 g/mol. The van der Waals surface area contributed by atoms with E-state index < -0.39 is 12.1 Å². The van der Waals surface area contributed by atoms with E-state index in [4.69, 9.17) is 20.2 Å². The van der Waals surface area contributed by atoms with Crippen LogP contribution in [-0.4, -0.2) is 46.4 Å². The van der Waals surface area contributed by atoms with Gasteiger partial charge in [0.15, 0.2) is 5.82 Å². The average Bonchev–Trinajstić information content (AvgIpc) is 3.10. The van der Waals surface area contributed by atoms with Crippen LogP contribution in [0.3, 0.4) is 0 Å². The minimum Gasteiger partial charge on any atom is -0.475 e. The Morgan fingerprint density at radius 2 is 1.85 bits per heavy atom. The number of carboxylic acids is 1. The molecule has 27 heavy (non-hydrogen) atoms. The van der Waals surface area contributed by atoms with Crippen molar-refractivity contribution < 1.29 is 32.4 Å². The van der Waals surface area contributed by atoms with Gasteiger partial charge < -0.3 is 20.7 Å². The maximum atomic E-state index is 11.9. The van der Waals surface area contributed by atoms with Crippen LogP contribution >= 0.6 is 0 Å². The van der Waals surface area contributed by atoms with Gasteiger partial charge in [-0.25, -0.2) is 4.79 Å². The van der Waals surface area contributed by atoms with E-state index in [-0.39, 0.29) is 17.7 Å². The van der Waals surface area contributed by atoms with Gasteiger partial charge in [0.1, 0.15) is 0 Å². The third kappa shape index (κ3) is 7.53. The fourth-order valence-electron chi connectivity index (χ4n) is 2.60. The normalized spacial score (nSPS) is 20.0. The Kier molecular flexibility index (Phi) is 8.67. The highest BCUT2D eigenvalue weighted by atomic mass is 19.4. The van der Waals surface area contributed by atoms with Gasteiger partial charge in [-0.2, -0.15) is 18.2 Å². The van der Waals surface area contributed by atoms with E-state index in [1.54, 1.807) is 0 Å². The Morgan fingerprint density at radius 3 is 2.26 bits per heavy atom. The second-order valence-electron chi connectivity index (χ2n) is 6.58. The Hall–Kier alpha value is -2.17. The van der Waals surface area contributed by atoms with Crippen LogP contribution in [-0.2, 0) is 9.59 Å². The lowest BCUT2D eigenvalue weighted by Gasteiger charge is -2.25. The van der Waals surface area contributed by atoms with Gasteiger partial charge in [0.25, 0.3) is 0 Å². The SMILES string of the molecule is CC(C)c1nc(C2CCC(C(=O)NCCN)CC2)no1.O=C(O)C(F)(F)F. The predicted molar refractivity (Wildman–Crippen MR) is 88.8 cm³/mol. The summed E-state index contributed by atoms with van der Waals surface area (Å²) >= 11 is 0. The summed E-state index contributed by atoms with van der Waals surface area (Å²) in [5.41, 5.74) is 5.39. The van der Waals surface area contributed by atoms with E-state index in [0.29, 0.717) is 24.9 Å². The van der Waals surface area contributed by atoms with Gasteiger partial charge in [-0.05, 0) is 25.7 Å². The minimum atomic E-state index is -5.08. The second-order valence-corrected chi connectivity index (χ2v) is 6.58. The molecule has 1 aliphatic carbocycles. The first-order valence-corrected chi connectivity index (χ1v) is 8.67. The number of aromatic nitrogens is 2. The number of amides is 1. The lowest BCUT2D eigenvalue weighted by atomic mass is 9.81. The van der Waals surface area contributed by atoms with Crippen LogP contribution in [0.1, 0.15) is 63.1 Å². The van der Waals surface area contributed by atoms with E-state index >= 15 is 0 Å². The summed E-state index contributed by atoms with van der Waals surface area (Å²) in [7, 11) is 0. The van der Waals surface area contributed by atoms with Crippen LogP contribution in [0.4, 0.5) is 13.2 Å². The molecule has 8 nitrogen and oxygen atoms in total. The number of rotatable bonds is 5. The highest BCUT2D eigenvalue weighted by Gasteiger charge is 2.38. The number of aliphatic carboxylic acids is 1. The Bertz CT molecular complexity index is 611. The number of carboxylic acid groups (broad SMARTS) is 1. The first-order valence-electron chi connectivity index (χ1n) is 8.67. The van der Waals surface area contributed by atoms with Crippen molar-refractivity contribution in [1.82, 2.24) is 15.5 Å². The summed E-state index contributed by atoms with van der Waals surface area (Å²) in [5, 5.41) is 14.1. The third-order valence-corrected chi connectivity index (χ3v) is 4.10. The second kappa shape index (κ2) is 10.2. The number of carbonyl (C=O) groups is 2. The Balaban J connectivity index is 0.000000445. The molecule has 0 bridgehead atoms. The smallest absolute Gasteiger partial charge is 0.475 e. The number of hydrogen-bond acceptors (Lipinski definition) is 6. The largest absolute Gasteiger partial charge is 0.490 e. The molecule has 0 radical (unpaired) electrons. The molecule has 0 aliphatic heterocycles. The molecule has 0 saturated heterocycles. The van der Waals surface area contributed by atoms with Crippen molar-refractivity contribution in [2.45, 2.75) is 57.5 Å². The number of halogens is 3. The highest BCUT2D eigenvalue weighted by Crippen LogP contribution is 2.34. The molecule has 11 heteroatoms. The molecule has 0 spiro atoms. The molecular weight excluding hydrogens is 369 g/mol. The molecule has 154 valence electrons. The van der Waals surface area contributed by atoms with Crippen LogP contribution in [0, 0.1) is 5.92 Å². The van der Waals surface area contributed by atoms with Gasteiger partial charge in [-0.3, -0.25) is 4.79 Å². The number of alkyl halides is 3. The van der Waals surface area contributed by atoms with Crippen LogP contribution in [0.2, 0.25) is 0 Å². The van der Waals surface area contributed by atoms with Crippen LogP contribution in [0.15, 0.2) is 4.52 Å². The first-order chi connectivity index (χ1) is 12.6. The van der Waals surface area contributed by atoms with Crippen molar-refractivity contribution in [3.05, 3.63) is 11.7 Å². The molecule has 0 unspecified atom stereocenters. The molecule has 1 aromatic rings. The maximum Gasteiger partial charge on any atom is 0.490 e. The van der Waals surface area contributed by atoms with Crippen molar-refractivity contribution in [3.63, 3.8) is 0 Å². The van der Waals surface area contributed by atoms with Gasteiger partial charge in [-0.1, -0.05) is 19.0 Å². The zero-order valence-electron chi connectivity index (χ0n) is 15.3. The fraction of sp³-hybridized carbons (Fsp3) is 0.750. The van der Waals surface area contributed by atoms with Gasteiger partial charge >= 0.3 is 12.1 Å².